The van der Waals surface area contributed by atoms with E-state index in [-0.39, 0.29) is 34.2 Å². The number of hydrogen-bond acceptors (Lipinski definition) is 8. The van der Waals surface area contributed by atoms with Crippen molar-refractivity contribution in [2.75, 3.05) is 22.2 Å². The normalized spacial score (nSPS) is 13.9. The molecule has 1 saturated carbocycles. The average Bonchev–Trinajstić information content (AvgIpc) is 3.37. The van der Waals surface area contributed by atoms with Crippen LogP contribution in [0.2, 0.25) is 0 Å². The van der Waals surface area contributed by atoms with Crippen molar-refractivity contribution in [3.05, 3.63) is 24.3 Å². The summed E-state index contributed by atoms with van der Waals surface area (Å²) in [6.45, 7) is 1.81. The Morgan fingerprint density at radius 1 is 1.29 bits per heavy atom. The molecule has 2 amide bonds. The van der Waals surface area contributed by atoms with Gasteiger partial charge in [0.05, 0.1) is 16.3 Å². The molecule has 11 heteroatoms. The molecule has 0 saturated heterocycles. The van der Waals surface area contributed by atoms with Gasteiger partial charge in [-0.3, -0.25) is 14.5 Å². The van der Waals surface area contributed by atoms with Crippen LogP contribution in [0.1, 0.15) is 26.2 Å². The zero-order valence-corrected chi connectivity index (χ0v) is 17.9. The fourth-order valence-electron chi connectivity index (χ4n) is 2.53. The lowest BCUT2D eigenvalue weighted by Crippen LogP contribution is -2.32. The molecule has 0 spiro atoms. The van der Waals surface area contributed by atoms with Crippen molar-refractivity contribution in [2.24, 2.45) is 0 Å². The maximum atomic E-state index is 12.2. The van der Waals surface area contributed by atoms with Crippen LogP contribution in [0.25, 0.3) is 0 Å². The highest BCUT2D eigenvalue weighted by Crippen LogP contribution is 2.36. The highest BCUT2D eigenvalue weighted by molar-refractivity contribution is 8.01. The van der Waals surface area contributed by atoms with Crippen LogP contribution >= 0.6 is 23.1 Å². The molecule has 1 fully saturated rings. The minimum Gasteiger partial charge on any atom is -0.324 e. The number of carbonyl (C=O) groups is 2. The van der Waals surface area contributed by atoms with Gasteiger partial charge in [-0.1, -0.05) is 42.2 Å². The Balaban J connectivity index is 1.62. The quantitative estimate of drug-likeness (QED) is 0.496. The second-order valence-electron chi connectivity index (χ2n) is 6.30. The molecule has 1 aromatic carbocycles. The van der Waals surface area contributed by atoms with Crippen molar-refractivity contribution >= 4 is 55.6 Å². The predicted octanol–water partition coefficient (Wildman–Crippen LogP) is 2.58. The number of hydrogen-bond donors (Lipinski definition) is 1. The lowest BCUT2D eigenvalue weighted by atomic mass is 10.3. The Morgan fingerprint density at radius 3 is 2.64 bits per heavy atom. The number of nitrogens with one attached hydrogen (secondary N) is 1. The summed E-state index contributed by atoms with van der Waals surface area (Å²) in [5.74, 6) is -0.274. The lowest BCUT2D eigenvalue weighted by Gasteiger charge is -2.17. The Labute approximate surface area is 171 Å². The van der Waals surface area contributed by atoms with E-state index in [1.807, 2.05) is 6.92 Å². The maximum absolute atomic E-state index is 12.2. The number of anilines is 2. The van der Waals surface area contributed by atoms with Gasteiger partial charge in [-0.15, -0.1) is 10.2 Å². The summed E-state index contributed by atoms with van der Waals surface area (Å²) in [6.07, 6.45) is 3.44. The maximum Gasteiger partial charge on any atom is 0.234 e. The molecule has 8 nitrogen and oxygen atoms in total. The summed E-state index contributed by atoms with van der Waals surface area (Å²) >= 11 is 2.47. The third-order valence-corrected chi connectivity index (χ3v) is 7.18. The van der Waals surface area contributed by atoms with Crippen LogP contribution in [0.5, 0.6) is 0 Å². The zero-order chi connectivity index (χ0) is 20.3. The van der Waals surface area contributed by atoms with E-state index >= 15 is 0 Å². The summed E-state index contributed by atoms with van der Waals surface area (Å²) in [5.41, 5.74) is 0.252. The van der Waals surface area contributed by atoms with Gasteiger partial charge < -0.3 is 5.32 Å². The van der Waals surface area contributed by atoms with Gasteiger partial charge in [0.25, 0.3) is 0 Å². The van der Waals surface area contributed by atoms with Gasteiger partial charge in [0.15, 0.2) is 14.2 Å². The van der Waals surface area contributed by atoms with Gasteiger partial charge in [0.1, 0.15) is 0 Å². The molecule has 150 valence electrons. The van der Waals surface area contributed by atoms with E-state index in [1.165, 1.54) is 29.2 Å². The number of rotatable bonds is 8. The molecule has 1 aliphatic carbocycles. The molecule has 0 radical (unpaired) electrons. The van der Waals surface area contributed by atoms with Crippen LogP contribution < -0.4 is 10.2 Å². The van der Waals surface area contributed by atoms with Crippen molar-refractivity contribution in [3.63, 3.8) is 0 Å². The molecule has 1 heterocycles. The first kappa shape index (κ1) is 20.7. The third kappa shape index (κ3) is 5.09. The largest absolute Gasteiger partial charge is 0.324 e. The number of benzene rings is 1. The van der Waals surface area contributed by atoms with E-state index in [2.05, 4.69) is 15.5 Å². The fourth-order valence-corrected chi connectivity index (χ4v) is 5.11. The Kier molecular flexibility index (Phi) is 6.36. The molecule has 2 aromatic rings. The summed E-state index contributed by atoms with van der Waals surface area (Å²) in [4.78, 5) is 26.1. The van der Waals surface area contributed by atoms with Gasteiger partial charge in [-0.05, 0) is 25.0 Å². The molecule has 1 aromatic heterocycles. The summed E-state index contributed by atoms with van der Waals surface area (Å²) in [7, 11) is -3.44. The monoisotopic (exact) mass is 440 g/mol. The second-order valence-corrected chi connectivity index (χ2v) is 10.5. The minimum absolute atomic E-state index is 0.0188. The van der Waals surface area contributed by atoms with E-state index in [4.69, 9.17) is 0 Å². The highest BCUT2D eigenvalue weighted by atomic mass is 32.2. The predicted molar refractivity (Wildman–Crippen MR) is 110 cm³/mol. The van der Waals surface area contributed by atoms with E-state index in [9.17, 15) is 18.0 Å². The first-order chi connectivity index (χ1) is 13.3. The Hall–Kier alpha value is -1.98. The molecule has 0 aliphatic heterocycles. The summed E-state index contributed by atoms with van der Waals surface area (Å²) < 4.78 is 24.2. The number of aromatic nitrogens is 2. The molecule has 3 rings (SSSR count). The number of amides is 2. The SMILES string of the molecule is CCC(=O)N(c1nnc(SCC(=O)Nc2ccccc2S(C)(=O)=O)s1)C1CC1. The molecular weight excluding hydrogens is 420 g/mol. The first-order valence-electron chi connectivity index (χ1n) is 8.67. The second kappa shape index (κ2) is 8.58. The number of nitrogens with zero attached hydrogens (tertiary/aromatic N) is 3. The van der Waals surface area contributed by atoms with E-state index in [0.29, 0.717) is 15.9 Å². The molecule has 1 aliphatic rings. The van der Waals surface area contributed by atoms with E-state index in [1.54, 1.807) is 23.1 Å². The lowest BCUT2D eigenvalue weighted by molar-refractivity contribution is -0.118. The van der Waals surface area contributed by atoms with E-state index in [0.717, 1.165) is 19.1 Å². The Bertz CT molecular complexity index is 986. The van der Waals surface area contributed by atoms with Gasteiger partial charge in [0.2, 0.25) is 16.9 Å². The highest BCUT2D eigenvalue weighted by Gasteiger charge is 2.35. The van der Waals surface area contributed by atoms with E-state index < -0.39 is 9.84 Å². The van der Waals surface area contributed by atoms with Crippen molar-refractivity contribution in [2.45, 2.75) is 41.5 Å². The van der Waals surface area contributed by atoms with Crippen molar-refractivity contribution < 1.29 is 18.0 Å². The number of para-hydroxylation sites is 1. The number of carbonyl (C=O) groups excluding carboxylic acids is 2. The van der Waals surface area contributed by atoms with Crippen molar-refractivity contribution in [1.29, 1.82) is 0 Å². The van der Waals surface area contributed by atoms with Gasteiger partial charge in [-0.2, -0.15) is 0 Å². The molecule has 1 N–H and O–H groups in total. The third-order valence-electron chi connectivity index (χ3n) is 3.97. The minimum atomic E-state index is -3.44. The number of sulfone groups is 1. The van der Waals surface area contributed by atoms with Crippen LogP contribution in [0.3, 0.4) is 0 Å². The number of thioether (sulfide) groups is 1. The fraction of sp³-hybridized carbons (Fsp3) is 0.412. The average molecular weight is 441 g/mol. The molecule has 0 bridgehead atoms. The summed E-state index contributed by atoms with van der Waals surface area (Å²) in [5, 5.41) is 11.3. The smallest absolute Gasteiger partial charge is 0.234 e. The first-order valence-corrected chi connectivity index (χ1v) is 12.4. The zero-order valence-electron chi connectivity index (χ0n) is 15.4. The summed E-state index contributed by atoms with van der Waals surface area (Å²) in [6, 6.07) is 6.46. The molecule has 28 heavy (non-hydrogen) atoms. The van der Waals surface area contributed by atoms with Crippen LogP contribution in [0, 0.1) is 0 Å². The topological polar surface area (TPSA) is 109 Å². The van der Waals surface area contributed by atoms with Gasteiger partial charge in [0, 0.05) is 18.7 Å². The molecular formula is C17H20N4O4S3. The van der Waals surface area contributed by atoms with Crippen LogP contribution in [0.4, 0.5) is 10.8 Å². The van der Waals surface area contributed by atoms with Crippen molar-refractivity contribution in [1.82, 2.24) is 10.2 Å². The standard InChI is InChI=1S/C17H20N4O4S3/c1-3-15(23)21(11-8-9-11)16-19-20-17(27-16)26-10-14(22)18-12-6-4-5-7-13(12)28(2,24)25/h4-7,11H,3,8-10H2,1-2H3,(H,18,22). The van der Waals surface area contributed by atoms with Crippen LogP contribution in [-0.2, 0) is 19.4 Å². The van der Waals surface area contributed by atoms with Crippen LogP contribution in [0.15, 0.2) is 33.5 Å². The van der Waals surface area contributed by atoms with Crippen LogP contribution in [-0.4, -0.2) is 48.5 Å². The van der Waals surface area contributed by atoms with Gasteiger partial charge >= 0.3 is 0 Å². The molecule has 0 atom stereocenters. The molecule has 0 unspecified atom stereocenters. The van der Waals surface area contributed by atoms with Crippen molar-refractivity contribution in [3.8, 4) is 0 Å². The van der Waals surface area contributed by atoms with Gasteiger partial charge in [-0.25, -0.2) is 8.42 Å². The Morgan fingerprint density at radius 2 is 2.00 bits per heavy atom.